The molecule has 9 heteroatoms. The molecule has 1 aliphatic rings. The van der Waals surface area contributed by atoms with Crippen LogP contribution >= 0.6 is 22.6 Å². The maximum atomic E-state index is 11.9. The van der Waals surface area contributed by atoms with Gasteiger partial charge in [-0.2, -0.15) is 0 Å². The average molecular weight is 496 g/mol. The molecule has 8 nitrogen and oxygen atoms in total. The number of carbonyl (C=O) groups excluding carboxylic acids is 2. The van der Waals surface area contributed by atoms with Gasteiger partial charge in [0.2, 0.25) is 0 Å². The summed E-state index contributed by atoms with van der Waals surface area (Å²) in [6.45, 7) is 6.08. The van der Waals surface area contributed by atoms with E-state index in [0.29, 0.717) is 18.9 Å². The molecule has 148 valence electrons. The summed E-state index contributed by atoms with van der Waals surface area (Å²) in [7, 11) is 0. The van der Waals surface area contributed by atoms with Gasteiger partial charge in [0.25, 0.3) is 0 Å². The molecule has 0 bridgehead atoms. The van der Waals surface area contributed by atoms with E-state index < -0.39 is 17.7 Å². The van der Waals surface area contributed by atoms with E-state index >= 15 is 0 Å². The van der Waals surface area contributed by atoms with E-state index in [4.69, 9.17) is 9.47 Å². The lowest BCUT2D eigenvalue weighted by Crippen LogP contribution is -2.56. The molecule has 2 heterocycles. The summed E-state index contributed by atoms with van der Waals surface area (Å²) in [5.74, 6) is 0.0728. The first-order valence-corrected chi connectivity index (χ1v) is 9.81. The number of aromatic nitrogens is 3. The van der Waals surface area contributed by atoms with Crippen molar-refractivity contribution in [1.82, 2.24) is 19.7 Å². The minimum Gasteiger partial charge on any atom is -0.455 e. The monoisotopic (exact) mass is 496 g/mol. The van der Waals surface area contributed by atoms with Crippen molar-refractivity contribution in [2.75, 3.05) is 13.1 Å². The smallest absolute Gasteiger partial charge is 0.410 e. The lowest BCUT2D eigenvalue weighted by Gasteiger charge is -2.38. The Hall–Kier alpha value is -2.43. The zero-order valence-electron chi connectivity index (χ0n) is 15.8. The number of amides is 1. The Labute approximate surface area is 176 Å². The largest absolute Gasteiger partial charge is 0.455 e. The predicted molar refractivity (Wildman–Crippen MR) is 111 cm³/mol. The number of hydrogen-bond acceptors (Lipinski definition) is 6. The van der Waals surface area contributed by atoms with E-state index in [1.54, 1.807) is 20.8 Å². The molecule has 0 radical (unpaired) electrons. The molecule has 1 fully saturated rings. The Morgan fingerprint density at radius 3 is 2.71 bits per heavy atom. The van der Waals surface area contributed by atoms with Crippen molar-refractivity contribution in [3.05, 3.63) is 40.2 Å². The third kappa shape index (κ3) is 5.54. The van der Waals surface area contributed by atoms with E-state index in [1.807, 2.05) is 24.3 Å². The van der Waals surface area contributed by atoms with Gasteiger partial charge in [0.1, 0.15) is 18.0 Å². The van der Waals surface area contributed by atoms with Crippen LogP contribution in [0, 0.1) is 3.57 Å². The molecule has 1 saturated heterocycles. The molecule has 0 N–H and O–H groups in total. The highest BCUT2D eigenvalue weighted by Gasteiger charge is 2.35. The Bertz CT molecular complexity index is 897. The second kappa shape index (κ2) is 8.29. The van der Waals surface area contributed by atoms with E-state index in [1.165, 1.54) is 28.2 Å². The van der Waals surface area contributed by atoms with Crippen molar-refractivity contribution in [1.29, 1.82) is 0 Å². The van der Waals surface area contributed by atoms with Gasteiger partial charge in [0.15, 0.2) is 5.82 Å². The molecule has 1 amide bonds. The van der Waals surface area contributed by atoms with Gasteiger partial charge in [-0.3, -0.25) is 0 Å². The number of benzene rings is 1. The van der Waals surface area contributed by atoms with Crippen LogP contribution in [0.15, 0.2) is 36.7 Å². The van der Waals surface area contributed by atoms with Crippen LogP contribution in [0.2, 0.25) is 0 Å². The Morgan fingerprint density at radius 1 is 1.29 bits per heavy atom. The minimum absolute atomic E-state index is 0.328. The van der Waals surface area contributed by atoms with E-state index in [-0.39, 0.29) is 6.10 Å². The maximum Gasteiger partial charge on any atom is 0.410 e. The van der Waals surface area contributed by atoms with E-state index in [9.17, 15) is 9.59 Å². The number of nitrogens with zero attached hydrogens (tertiary/aromatic N) is 4. The molecular formula is C19H21IN4O4. The highest BCUT2D eigenvalue weighted by atomic mass is 127. The summed E-state index contributed by atoms with van der Waals surface area (Å²) in [4.78, 5) is 29.5. The first-order chi connectivity index (χ1) is 13.2. The zero-order valence-corrected chi connectivity index (χ0v) is 18.0. The molecule has 0 atom stereocenters. The highest BCUT2D eigenvalue weighted by molar-refractivity contribution is 14.1. The van der Waals surface area contributed by atoms with Crippen LogP contribution in [0.1, 0.15) is 20.8 Å². The number of halogens is 1. The quantitative estimate of drug-likeness (QED) is 0.367. The molecule has 1 aromatic carbocycles. The molecule has 3 rings (SSSR count). The van der Waals surface area contributed by atoms with Crippen molar-refractivity contribution >= 4 is 40.9 Å². The fourth-order valence-electron chi connectivity index (χ4n) is 2.44. The molecule has 0 unspecified atom stereocenters. The molecule has 0 spiro atoms. The average Bonchev–Trinajstić information content (AvgIpc) is 3.03. The molecule has 0 aliphatic carbocycles. The van der Waals surface area contributed by atoms with Crippen molar-refractivity contribution in [3.8, 4) is 11.4 Å². The molecule has 0 saturated carbocycles. The van der Waals surface area contributed by atoms with Crippen LogP contribution in [0.3, 0.4) is 0 Å². The second-order valence-electron chi connectivity index (χ2n) is 7.32. The minimum atomic E-state index is -0.545. The highest BCUT2D eigenvalue weighted by Crippen LogP contribution is 2.18. The number of esters is 1. The summed E-state index contributed by atoms with van der Waals surface area (Å²) < 4.78 is 13.1. The molecule has 1 aromatic heterocycles. The third-order valence-corrected chi connectivity index (χ3v) is 4.41. The molecular weight excluding hydrogens is 475 g/mol. The lowest BCUT2D eigenvalue weighted by molar-refractivity contribution is -0.150. The van der Waals surface area contributed by atoms with Crippen LogP contribution < -0.4 is 0 Å². The van der Waals surface area contributed by atoms with Crippen molar-refractivity contribution < 1.29 is 19.1 Å². The summed E-state index contributed by atoms with van der Waals surface area (Å²) in [5, 5.41) is 4.31. The van der Waals surface area contributed by atoms with Crippen LogP contribution in [-0.4, -0.2) is 56.5 Å². The van der Waals surface area contributed by atoms with Gasteiger partial charge < -0.3 is 14.4 Å². The molecule has 28 heavy (non-hydrogen) atoms. The van der Waals surface area contributed by atoms with Gasteiger partial charge in [-0.25, -0.2) is 19.3 Å². The fraction of sp³-hybridized carbons (Fsp3) is 0.368. The number of ether oxygens (including phenoxy) is 2. The number of carbonyl (C=O) groups is 2. The van der Waals surface area contributed by atoms with Gasteiger partial charge in [0, 0.05) is 21.4 Å². The normalized spacial score (nSPS) is 14.8. The van der Waals surface area contributed by atoms with E-state index in [2.05, 4.69) is 32.7 Å². The van der Waals surface area contributed by atoms with Crippen molar-refractivity contribution in [2.24, 2.45) is 0 Å². The van der Waals surface area contributed by atoms with Gasteiger partial charge in [-0.05, 0) is 55.5 Å². The van der Waals surface area contributed by atoms with Gasteiger partial charge >= 0.3 is 12.1 Å². The first-order valence-electron chi connectivity index (χ1n) is 8.73. The predicted octanol–water partition coefficient (Wildman–Crippen LogP) is 3.18. The third-order valence-electron chi connectivity index (χ3n) is 3.74. The van der Waals surface area contributed by atoms with Crippen LogP contribution in [0.25, 0.3) is 17.6 Å². The standard InChI is InChI=1S/C19H21IN4O4/c1-19(2,3)28-18(26)23-10-15(11-23)27-16(25)7-8-24-12-21-17(22-24)13-5-4-6-14(20)9-13/h4-9,12,15H,10-11H2,1-3H3/b8-7+. The number of hydrogen-bond donors (Lipinski definition) is 0. The number of rotatable bonds is 4. The maximum absolute atomic E-state index is 11.9. The van der Waals surface area contributed by atoms with Gasteiger partial charge in [-0.1, -0.05) is 12.1 Å². The summed E-state index contributed by atoms with van der Waals surface area (Å²) in [5.41, 5.74) is 0.356. The van der Waals surface area contributed by atoms with Crippen molar-refractivity contribution in [2.45, 2.75) is 32.5 Å². The van der Waals surface area contributed by atoms with Crippen molar-refractivity contribution in [3.63, 3.8) is 0 Å². The summed E-state index contributed by atoms with van der Waals surface area (Å²) in [6, 6.07) is 7.82. The van der Waals surface area contributed by atoms with Crippen LogP contribution in [-0.2, 0) is 14.3 Å². The molecule has 2 aromatic rings. The number of likely N-dealkylation sites (tertiary alicyclic amines) is 1. The van der Waals surface area contributed by atoms with Crippen LogP contribution in [0.4, 0.5) is 4.79 Å². The Kier molecular flexibility index (Phi) is 6.01. The SMILES string of the molecule is CC(C)(C)OC(=O)N1CC(OC(=O)/C=C/n2cnc(-c3cccc(I)c3)n2)C1. The lowest BCUT2D eigenvalue weighted by atomic mass is 10.2. The Morgan fingerprint density at radius 2 is 2.04 bits per heavy atom. The zero-order chi connectivity index (χ0) is 20.3. The van der Waals surface area contributed by atoms with Crippen LogP contribution in [0.5, 0.6) is 0 Å². The Balaban J connectivity index is 1.47. The second-order valence-corrected chi connectivity index (χ2v) is 8.56. The van der Waals surface area contributed by atoms with Gasteiger partial charge in [-0.15, -0.1) is 5.10 Å². The van der Waals surface area contributed by atoms with Gasteiger partial charge in [0.05, 0.1) is 13.1 Å². The first kappa shape index (κ1) is 20.3. The summed E-state index contributed by atoms with van der Waals surface area (Å²) >= 11 is 2.23. The topological polar surface area (TPSA) is 86.5 Å². The van der Waals surface area contributed by atoms with E-state index in [0.717, 1.165) is 9.13 Å². The molecule has 1 aliphatic heterocycles. The fourth-order valence-corrected chi connectivity index (χ4v) is 2.98. The summed E-state index contributed by atoms with van der Waals surface area (Å²) in [6.07, 6.45) is 3.55.